The minimum atomic E-state index is -0.535. The van der Waals surface area contributed by atoms with Crippen LogP contribution in [0.2, 0.25) is 0 Å². The first-order valence-electron chi connectivity index (χ1n) is 4.92. The van der Waals surface area contributed by atoms with Gasteiger partial charge in [0, 0.05) is 24.9 Å². The highest BCUT2D eigenvalue weighted by Gasteiger charge is 2.14. The van der Waals surface area contributed by atoms with E-state index >= 15 is 0 Å². The molecule has 0 spiro atoms. The predicted molar refractivity (Wildman–Crippen MR) is 54.7 cm³/mol. The molecular weight excluding hydrogens is 192 g/mol. The number of nitrogens with one attached hydrogen (secondary N) is 2. The lowest BCUT2D eigenvalue weighted by atomic mass is 10.1. The van der Waals surface area contributed by atoms with Gasteiger partial charge < -0.3 is 10.3 Å². The second-order valence-corrected chi connectivity index (χ2v) is 3.21. The summed E-state index contributed by atoms with van der Waals surface area (Å²) in [6.45, 7) is 2.35. The zero-order valence-corrected chi connectivity index (χ0v) is 8.66. The van der Waals surface area contributed by atoms with Gasteiger partial charge in [-0.2, -0.15) is 5.26 Å². The third-order valence-corrected chi connectivity index (χ3v) is 2.13. The maximum atomic E-state index is 11.4. The lowest BCUT2D eigenvalue weighted by Crippen LogP contribution is -2.31. The van der Waals surface area contributed by atoms with Gasteiger partial charge in [-0.05, 0) is 6.42 Å². The van der Waals surface area contributed by atoms with Crippen molar-refractivity contribution < 1.29 is 4.79 Å². The van der Waals surface area contributed by atoms with Crippen LogP contribution in [0.15, 0.2) is 12.5 Å². The number of aromatic nitrogens is 2. The van der Waals surface area contributed by atoms with Crippen molar-refractivity contribution >= 4 is 5.91 Å². The highest BCUT2D eigenvalue weighted by atomic mass is 16.1. The molecule has 1 atom stereocenters. The van der Waals surface area contributed by atoms with Crippen LogP contribution in [0.1, 0.15) is 19.0 Å². The Bertz CT molecular complexity index is 339. The lowest BCUT2D eigenvalue weighted by Gasteiger charge is -2.06. The van der Waals surface area contributed by atoms with Gasteiger partial charge in [0.25, 0.3) is 0 Å². The maximum Gasteiger partial charge on any atom is 0.237 e. The molecule has 0 fully saturated rings. The minimum Gasteiger partial charge on any atom is -0.355 e. The number of H-pyrrole nitrogens is 1. The van der Waals surface area contributed by atoms with E-state index in [2.05, 4.69) is 15.3 Å². The highest BCUT2D eigenvalue weighted by Crippen LogP contribution is 1.99. The number of amides is 1. The Kier molecular flexibility index (Phi) is 4.35. The third-order valence-electron chi connectivity index (χ3n) is 2.13. The summed E-state index contributed by atoms with van der Waals surface area (Å²) in [5.74, 6) is -0.730. The van der Waals surface area contributed by atoms with Crippen molar-refractivity contribution in [3.63, 3.8) is 0 Å². The number of imidazole rings is 1. The molecule has 0 aliphatic rings. The molecule has 0 bridgehead atoms. The van der Waals surface area contributed by atoms with Gasteiger partial charge in [-0.1, -0.05) is 6.92 Å². The summed E-state index contributed by atoms with van der Waals surface area (Å²) in [4.78, 5) is 18.2. The van der Waals surface area contributed by atoms with E-state index in [1.54, 1.807) is 12.5 Å². The van der Waals surface area contributed by atoms with Gasteiger partial charge in [-0.15, -0.1) is 0 Å². The number of carbonyl (C=O) groups excluding carboxylic acids is 1. The van der Waals surface area contributed by atoms with Crippen molar-refractivity contribution in [3.05, 3.63) is 18.2 Å². The monoisotopic (exact) mass is 206 g/mol. The second kappa shape index (κ2) is 5.81. The van der Waals surface area contributed by atoms with E-state index in [4.69, 9.17) is 5.26 Å². The summed E-state index contributed by atoms with van der Waals surface area (Å²) in [7, 11) is 0. The molecule has 1 aromatic heterocycles. The molecule has 80 valence electrons. The number of rotatable bonds is 5. The van der Waals surface area contributed by atoms with Gasteiger partial charge in [0.2, 0.25) is 5.91 Å². The van der Waals surface area contributed by atoms with E-state index in [1.807, 2.05) is 13.0 Å². The Hall–Kier alpha value is -1.83. The van der Waals surface area contributed by atoms with Crippen LogP contribution in [0.4, 0.5) is 0 Å². The van der Waals surface area contributed by atoms with E-state index < -0.39 is 5.92 Å². The molecule has 1 amide bonds. The zero-order valence-electron chi connectivity index (χ0n) is 8.66. The number of nitriles is 1. The first kappa shape index (κ1) is 11.2. The molecule has 0 saturated heterocycles. The van der Waals surface area contributed by atoms with E-state index in [0.717, 1.165) is 5.69 Å². The van der Waals surface area contributed by atoms with Gasteiger partial charge in [0.1, 0.15) is 5.92 Å². The van der Waals surface area contributed by atoms with E-state index in [0.29, 0.717) is 19.4 Å². The molecule has 0 aliphatic carbocycles. The molecule has 1 unspecified atom stereocenters. The molecule has 1 rings (SSSR count). The standard InChI is InChI=1S/C10H14N4O/c1-2-8(5-11)10(15)13-4-3-9-6-12-7-14-9/h6-8H,2-4H2,1H3,(H,12,14)(H,13,15). The fourth-order valence-corrected chi connectivity index (χ4v) is 1.20. The van der Waals surface area contributed by atoms with Crippen LogP contribution in [0.5, 0.6) is 0 Å². The second-order valence-electron chi connectivity index (χ2n) is 3.21. The molecule has 5 heteroatoms. The van der Waals surface area contributed by atoms with Crippen LogP contribution in [-0.4, -0.2) is 22.4 Å². The Balaban J connectivity index is 2.26. The quantitative estimate of drug-likeness (QED) is 0.740. The fraction of sp³-hybridized carbons (Fsp3) is 0.500. The summed E-state index contributed by atoms with van der Waals surface area (Å²) in [6.07, 6.45) is 4.56. The Labute approximate surface area is 88.5 Å². The van der Waals surface area contributed by atoms with Crippen LogP contribution < -0.4 is 5.32 Å². The van der Waals surface area contributed by atoms with Crippen LogP contribution in [0, 0.1) is 17.2 Å². The number of hydrogen-bond donors (Lipinski definition) is 2. The van der Waals surface area contributed by atoms with Crippen molar-refractivity contribution in [2.45, 2.75) is 19.8 Å². The third kappa shape index (κ3) is 3.43. The molecule has 5 nitrogen and oxygen atoms in total. The summed E-state index contributed by atoms with van der Waals surface area (Å²) >= 11 is 0. The Morgan fingerprint density at radius 1 is 1.80 bits per heavy atom. The molecule has 0 aliphatic heterocycles. The molecule has 1 heterocycles. The summed E-state index contributed by atoms with van der Waals surface area (Å²) in [5.41, 5.74) is 0.973. The first-order valence-corrected chi connectivity index (χ1v) is 4.92. The van der Waals surface area contributed by atoms with Gasteiger partial charge in [-0.3, -0.25) is 4.79 Å². The molecule has 0 radical (unpaired) electrons. The first-order chi connectivity index (χ1) is 7.27. The normalized spacial score (nSPS) is 11.7. The van der Waals surface area contributed by atoms with Crippen molar-refractivity contribution in [2.75, 3.05) is 6.54 Å². The van der Waals surface area contributed by atoms with Crippen molar-refractivity contribution in [2.24, 2.45) is 5.92 Å². The van der Waals surface area contributed by atoms with Crippen molar-refractivity contribution in [1.29, 1.82) is 5.26 Å². The highest BCUT2D eigenvalue weighted by molar-refractivity contribution is 5.80. The summed E-state index contributed by atoms with van der Waals surface area (Å²) in [5, 5.41) is 11.4. The molecule has 0 saturated carbocycles. The largest absolute Gasteiger partial charge is 0.355 e. The van der Waals surface area contributed by atoms with E-state index in [-0.39, 0.29) is 5.91 Å². The van der Waals surface area contributed by atoms with Gasteiger partial charge in [-0.25, -0.2) is 4.98 Å². The zero-order chi connectivity index (χ0) is 11.1. The van der Waals surface area contributed by atoms with Gasteiger partial charge >= 0.3 is 0 Å². The molecule has 1 aromatic rings. The SMILES string of the molecule is CCC(C#N)C(=O)NCCc1cnc[nH]1. The number of nitrogens with zero attached hydrogens (tertiary/aromatic N) is 2. The lowest BCUT2D eigenvalue weighted by molar-refractivity contribution is -0.123. The van der Waals surface area contributed by atoms with E-state index in [1.165, 1.54) is 0 Å². The molecule has 15 heavy (non-hydrogen) atoms. The Morgan fingerprint density at radius 2 is 2.60 bits per heavy atom. The minimum absolute atomic E-state index is 0.195. The summed E-state index contributed by atoms with van der Waals surface area (Å²) < 4.78 is 0. The fourth-order valence-electron chi connectivity index (χ4n) is 1.20. The summed E-state index contributed by atoms with van der Waals surface area (Å²) in [6, 6.07) is 1.96. The molecular formula is C10H14N4O. The van der Waals surface area contributed by atoms with Crippen molar-refractivity contribution in [1.82, 2.24) is 15.3 Å². The number of carbonyl (C=O) groups is 1. The van der Waals surface area contributed by atoms with E-state index in [9.17, 15) is 4.79 Å². The Morgan fingerprint density at radius 3 is 3.13 bits per heavy atom. The van der Waals surface area contributed by atoms with Crippen LogP contribution in [0.3, 0.4) is 0 Å². The molecule has 2 N–H and O–H groups in total. The number of aromatic amines is 1. The van der Waals surface area contributed by atoms with Crippen LogP contribution in [0.25, 0.3) is 0 Å². The maximum absolute atomic E-state index is 11.4. The number of hydrogen-bond acceptors (Lipinski definition) is 3. The smallest absolute Gasteiger partial charge is 0.237 e. The predicted octanol–water partition coefficient (Wildman–Crippen LogP) is 0.618. The average molecular weight is 206 g/mol. The van der Waals surface area contributed by atoms with Crippen molar-refractivity contribution in [3.8, 4) is 6.07 Å². The van der Waals surface area contributed by atoms with Crippen LogP contribution in [-0.2, 0) is 11.2 Å². The molecule has 0 aromatic carbocycles. The van der Waals surface area contributed by atoms with Crippen LogP contribution >= 0.6 is 0 Å². The topological polar surface area (TPSA) is 81.6 Å². The average Bonchev–Trinajstić information content (AvgIpc) is 2.72. The van der Waals surface area contributed by atoms with Gasteiger partial charge in [0.15, 0.2) is 0 Å². The van der Waals surface area contributed by atoms with Gasteiger partial charge in [0.05, 0.1) is 12.4 Å².